The Kier molecular flexibility index (Phi) is 4.90. The zero-order chi connectivity index (χ0) is 19.0. The van der Waals surface area contributed by atoms with Gasteiger partial charge in [-0.15, -0.1) is 10.2 Å². The van der Waals surface area contributed by atoms with Crippen molar-refractivity contribution in [3.63, 3.8) is 0 Å². The topological polar surface area (TPSA) is 77.3 Å². The highest BCUT2D eigenvalue weighted by Crippen LogP contribution is 2.38. The molecule has 2 heterocycles. The van der Waals surface area contributed by atoms with Crippen LogP contribution in [-0.2, 0) is 27.3 Å². The van der Waals surface area contributed by atoms with Crippen LogP contribution in [0.5, 0.6) is 0 Å². The summed E-state index contributed by atoms with van der Waals surface area (Å²) in [6.45, 7) is 2.36. The number of aryl methyl sites for hydroxylation is 1. The summed E-state index contributed by atoms with van der Waals surface area (Å²) in [6.07, 6.45) is 2.75. The SMILES string of the molecule is COC(=O)[C@H]1Cc2ccccc2CN1C(=O)CSc1nnc(C)n1C1CC1. The second kappa shape index (κ2) is 7.34. The third-order valence-corrected chi connectivity index (χ3v) is 6.04. The number of hydrogen-bond donors (Lipinski definition) is 0. The van der Waals surface area contributed by atoms with Gasteiger partial charge in [-0.3, -0.25) is 4.79 Å². The van der Waals surface area contributed by atoms with E-state index in [0.717, 1.165) is 34.9 Å². The van der Waals surface area contributed by atoms with E-state index in [1.165, 1.54) is 18.9 Å². The van der Waals surface area contributed by atoms with Gasteiger partial charge in [0.25, 0.3) is 0 Å². The summed E-state index contributed by atoms with van der Waals surface area (Å²) in [5, 5.41) is 9.13. The predicted molar refractivity (Wildman–Crippen MR) is 100 cm³/mol. The van der Waals surface area contributed by atoms with Crippen LogP contribution in [0, 0.1) is 6.92 Å². The monoisotopic (exact) mass is 386 g/mol. The van der Waals surface area contributed by atoms with Gasteiger partial charge in [0, 0.05) is 19.0 Å². The van der Waals surface area contributed by atoms with Crippen molar-refractivity contribution < 1.29 is 14.3 Å². The molecule has 1 atom stereocenters. The first-order valence-electron chi connectivity index (χ1n) is 9.07. The van der Waals surface area contributed by atoms with E-state index in [0.29, 0.717) is 19.0 Å². The molecule has 1 aromatic carbocycles. The molecular weight excluding hydrogens is 364 g/mol. The Balaban J connectivity index is 1.50. The first-order chi connectivity index (χ1) is 13.1. The smallest absolute Gasteiger partial charge is 0.328 e. The van der Waals surface area contributed by atoms with E-state index in [9.17, 15) is 9.59 Å². The average molecular weight is 386 g/mol. The van der Waals surface area contributed by atoms with Crippen molar-refractivity contribution in [1.29, 1.82) is 0 Å². The summed E-state index contributed by atoms with van der Waals surface area (Å²) in [5.74, 6) is 0.639. The Morgan fingerprint density at radius 3 is 2.67 bits per heavy atom. The number of esters is 1. The fraction of sp³-hybridized carbons (Fsp3) is 0.474. The van der Waals surface area contributed by atoms with Crippen molar-refractivity contribution >= 4 is 23.6 Å². The van der Waals surface area contributed by atoms with Crippen LogP contribution in [0.2, 0.25) is 0 Å². The molecule has 1 aliphatic heterocycles. The molecule has 1 fully saturated rings. The van der Waals surface area contributed by atoms with E-state index in [4.69, 9.17) is 4.74 Å². The fourth-order valence-corrected chi connectivity index (χ4v) is 4.48. The van der Waals surface area contributed by atoms with Gasteiger partial charge in [-0.1, -0.05) is 36.0 Å². The number of benzene rings is 1. The van der Waals surface area contributed by atoms with Crippen molar-refractivity contribution in [1.82, 2.24) is 19.7 Å². The number of nitrogens with zero attached hydrogens (tertiary/aromatic N) is 4. The number of rotatable bonds is 5. The Morgan fingerprint density at radius 1 is 1.22 bits per heavy atom. The number of thioether (sulfide) groups is 1. The summed E-state index contributed by atoms with van der Waals surface area (Å²) in [7, 11) is 1.36. The summed E-state index contributed by atoms with van der Waals surface area (Å²) < 4.78 is 7.06. The molecule has 1 aromatic heterocycles. The zero-order valence-electron chi connectivity index (χ0n) is 15.4. The van der Waals surface area contributed by atoms with E-state index >= 15 is 0 Å². The lowest BCUT2D eigenvalue weighted by Crippen LogP contribution is -2.49. The number of carbonyl (C=O) groups excluding carboxylic acids is 2. The molecule has 1 amide bonds. The minimum Gasteiger partial charge on any atom is -0.467 e. The van der Waals surface area contributed by atoms with Crippen LogP contribution in [0.25, 0.3) is 0 Å². The minimum atomic E-state index is -0.582. The molecule has 2 aliphatic rings. The van der Waals surface area contributed by atoms with E-state index in [-0.39, 0.29) is 17.6 Å². The second-order valence-corrected chi connectivity index (χ2v) is 7.90. The van der Waals surface area contributed by atoms with Crippen LogP contribution in [-0.4, -0.2) is 50.4 Å². The summed E-state index contributed by atoms with van der Waals surface area (Å²) in [4.78, 5) is 26.9. The molecule has 0 spiro atoms. The molecule has 0 bridgehead atoms. The Hall–Kier alpha value is -2.35. The number of aromatic nitrogens is 3. The summed E-state index contributed by atoms with van der Waals surface area (Å²) in [6, 6.07) is 7.79. The van der Waals surface area contributed by atoms with Gasteiger partial charge in [0.15, 0.2) is 5.16 Å². The largest absolute Gasteiger partial charge is 0.467 e. The van der Waals surface area contributed by atoms with Crippen LogP contribution < -0.4 is 0 Å². The standard InChI is InChI=1S/C19H22N4O3S/c1-12-20-21-19(23(12)15-7-8-15)27-11-17(24)22-10-14-6-4-3-5-13(14)9-16(22)18(25)26-2/h3-6,15-16H,7-11H2,1-2H3/t16-/m1/s1. The number of methoxy groups -OCH3 is 1. The van der Waals surface area contributed by atoms with E-state index in [2.05, 4.69) is 14.8 Å². The molecule has 2 aromatic rings. The summed E-state index contributed by atoms with van der Waals surface area (Å²) >= 11 is 1.39. The minimum absolute atomic E-state index is 0.0899. The van der Waals surface area contributed by atoms with Gasteiger partial charge in [0.1, 0.15) is 11.9 Å². The molecule has 0 radical (unpaired) electrons. The van der Waals surface area contributed by atoms with E-state index in [1.54, 1.807) is 4.90 Å². The molecule has 1 saturated carbocycles. The van der Waals surface area contributed by atoms with Crippen LogP contribution >= 0.6 is 11.8 Å². The lowest BCUT2D eigenvalue weighted by Gasteiger charge is -2.35. The Morgan fingerprint density at radius 2 is 1.96 bits per heavy atom. The number of carbonyl (C=O) groups is 2. The third-order valence-electron chi connectivity index (χ3n) is 5.11. The Bertz CT molecular complexity index is 878. The van der Waals surface area contributed by atoms with Crippen molar-refractivity contribution in [3.05, 3.63) is 41.2 Å². The van der Waals surface area contributed by atoms with Gasteiger partial charge in [-0.2, -0.15) is 0 Å². The van der Waals surface area contributed by atoms with Crippen molar-refractivity contribution in [3.8, 4) is 0 Å². The first kappa shape index (κ1) is 18.0. The molecular formula is C19H22N4O3S. The third kappa shape index (κ3) is 3.58. The maximum Gasteiger partial charge on any atom is 0.328 e. The van der Waals surface area contributed by atoms with Crippen LogP contribution in [0.1, 0.15) is 35.8 Å². The predicted octanol–water partition coefficient (Wildman–Crippen LogP) is 2.14. The molecule has 142 valence electrons. The lowest BCUT2D eigenvalue weighted by molar-refractivity contribution is -0.153. The summed E-state index contributed by atoms with van der Waals surface area (Å²) in [5.41, 5.74) is 2.17. The van der Waals surface area contributed by atoms with Crippen LogP contribution in [0.4, 0.5) is 0 Å². The molecule has 0 N–H and O–H groups in total. The van der Waals surface area contributed by atoms with Crippen molar-refractivity contribution in [2.75, 3.05) is 12.9 Å². The molecule has 0 saturated heterocycles. The quantitative estimate of drug-likeness (QED) is 0.579. The van der Waals surface area contributed by atoms with E-state index < -0.39 is 6.04 Å². The van der Waals surface area contributed by atoms with Gasteiger partial charge in [-0.25, -0.2) is 4.79 Å². The number of amides is 1. The highest BCUT2D eigenvalue weighted by Gasteiger charge is 2.35. The van der Waals surface area contributed by atoms with Gasteiger partial charge >= 0.3 is 5.97 Å². The van der Waals surface area contributed by atoms with Crippen LogP contribution in [0.15, 0.2) is 29.4 Å². The average Bonchev–Trinajstić information content (AvgIpc) is 3.46. The molecule has 27 heavy (non-hydrogen) atoms. The van der Waals surface area contributed by atoms with Crippen molar-refractivity contribution in [2.45, 2.75) is 50.0 Å². The maximum absolute atomic E-state index is 13.0. The number of fused-ring (bicyclic) bond motifs is 1. The molecule has 8 heteroatoms. The van der Waals surface area contributed by atoms with E-state index in [1.807, 2.05) is 31.2 Å². The number of ether oxygens (including phenoxy) is 1. The van der Waals surface area contributed by atoms with Crippen LogP contribution in [0.3, 0.4) is 0 Å². The van der Waals surface area contributed by atoms with Gasteiger partial charge in [0.05, 0.1) is 12.9 Å². The highest BCUT2D eigenvalue weighted by atomic mass is 32.2. The molecule has 7 nitrogen and oxygen atoms in total. The maximum atomic E-state index is 13.0. The molecule has 0 unspecified atom stereocenters. The van der Waals surface area contributed by atoms with Gasteiger partial charge in [0.2, 0.25) is 5.91 Å². The first-order valence-corrected chi connectivity index (χ1v) is 10.1. The lowest BCUT2D eigenvalue weighted by atomic mass is 9.94. The normalized spacial score (nSPS) is 18.9. The van der Waals surface area contributed by atoms with Crippen molar-refractivity contribution in [2.24, 2.45) is 0 Å². The van der Waals surface area contributed by atoms with Gasteiger partial charge in [-0.05, 0) is 30.9 Å². The fourth-order valence-electron chi connectivity index (χ4n) is 3.54. The molecule has 4 rings (SSSR count). The number of hydrogen-bond acceptors (Lipinski definition) is 6. The molecule has 1 aliphatic carbocycles. The zero-order valence-corrected chi connectivity index (χ0v) is 16.2. The second-order valence-electron chi connectivity index (χ2n) is 6.95. The highest BCUT2D eigenvalue weighted by molar-refractivity contribution is 7.99. The van der Waals surface area contributed by atoms with Gasteiger partial charge < -0.3 is 14.2 Å². The Labute approximate surface area is 162 Å².